The van der Waals surface area contributed by atoms with Crippen molar-refractivity contribution in [3.8, 4) is 5.75 Å². The second-order valence-corrected chi connectivity index (χ2v) is 9.61. The first-order valence-electron chi connectivity index (χ1n) is 11.3. The lowest BCUT2D eigenvalue weighted by Crippen LogP contribution is -2.57. The fraction of sp³-hybridized carbons (Fsp3) is 0.480. The van der Waals surface area contributed by atoms with Crippen molar-refractivity contribution < 1.29 is 14.3 Å². The second-order valence-electron chi connectivity index (χ2n) is 8.73. The van der Waals surface area contributed by atoms with Gasteiger partial charge < -0.3 is 14.4 Å². The van der Waals surface area contributed by atoms with Gasteiger partial charge in [0, 0.05) is 42.8 Å². The van der Waals surface area contributed by atoms with Crippen molar-refractivity contribution in [2.45, 2.75) is 37.8 Å². The number of carbonyl (C=O) groups is 1. The van der Waals surface area contributed by atoms with Crippen LogP contribution in [0, 0.1) is 0 Å². The predicted octanol–water partition coefficient (Wildman–Crippen LogP) is 5.05. The van der Waals surface area contributed by atoms with Crippen molar-refractivity contribution in [2.75, 3.05) is 39.4 Å². The van der Waals surface area contributed by atoms with Gasteiger partial charge in [0.15, 0.2) is 0 Å². The average molecular weight is 477 g/mol. The van der Waals surface area contributed by atoms with Crippen LogP contribution in [0.2, 0.25) is 10.0 Å². The summed E-state index contributed by atoms with van der Waals surface area (Å²) in [6, 6.07) is 15.2. The molecule has 7 heteroatoms. The number of hydrogen-bond donors (Lipinski definition) is 0. The van der Waals surface area contributed by atoms with Gasteiger partial charge in [0.2, 0.25) is 5.91 Å². The van der Waals surface area contributed by atoms with Crippen molar-refractivity contribution in [1.29, 1.82) is 0 Å². The largest absolute Gasteiger partial charge is 0.491 e. The number of likely N-dealkylation sites (tertiary alicyclic amines) is 1. The van der Waals surface area contributed by atoms with E-state index in [1.807, 2.05) is 35.2 Å². The molecule has 0 aliphatic carbocycles. The number of rotatable bonds is 7. The van der Waals surface area contributed by atoms with Crippen LogP contribution in [0.5, 0.6) is 5.75 Å². The first-order valence-corrected chi connectivity index (χ1v) is 12.0. The van der Waals surface area contributed by atoms with Crippen LogP contribution in [-0.2, 0) is 16.1 Å². The number of piperidine rings is 1. The Balaban J connectivity index is 1.48. The van der Waals surface area contributed by atoms with Gasteiger partial charge in [-0.1, -0.05) is 35.3 Å². The molecule has 2 aromatic carbocycles. The maximum Gasteiger partial charge on any atom is 0.225 e. The number of amides is 1. The molecule has 0 unspecified atom stereocenters. The molecule has 0 N–H and O–H groups in total. The lowest BCUT2D eigenvalue weighted by Gasteiger charge is -2.43. The lowest BCUT2D eigenvalue weighted by molar-refractivity contribution is -0.157. The molecule has 5 nitrogen and oxygen atoms in total. The fourth-order valence-corrected chi connectivity index (χ4v) is 4.81. The van der Waals surface area contributed by atoms with Crippen molar-refractivity contribution in [3.05, 3.63) is 64.1 Å². The topological polar surface area (TPSA) is 42.0 Å². The third kappa shape index (κ3) is 6.38. The van der Waals surface area contributed by atoms with Crippen LogP contribution in [0.3, 0.4) is 0 Å². The molecule has 2 fully saturated rings. The normalized spacial score (nSPS) is 22.0. The summed E-state index contributed by atoms with van der Waals surface area (Å²) < 4.78 is 12.4. The van der Waals surface area contributed by atoms with Crippen molar-refractivity contribution in [3.63, 3.8) is 0 Å². The Bertz CT molecular complexity index is 902. The molecule has 1 amide bonds. The summed E-state index contributed by atoms with van der Waals surface area (Å²) in [5, 5.41) is 1.39. The molecule has 2 aromatic rings. The van der Waals surface area contributed by atoms with Crippen LogP contribution >= 0.6 is 23.2 Å². The fourth-order valence-electron chi connectivity index (χ4n) is 4.47. The van der Waals surface area contributed by atoms with Crippen molar-refractivity contribution in [2.24, 2.45) is 0 Å². The van der Waals surface area contributed by atoms with E-state index in [1.165, 1.54) is 6.42 Å². The molecule has 0 saturated carbocycles. The molecule has 0 bridgehead atoms. The van der Waals surface area contributed by atoms with E-state index in [0.717, 1.165) is 55.4 Å². The van der Waals surface area contributed by atoms with Crippen LogP contribution in [-0.4, -0.2) is 60.7 Å². The van der Waals surface area contributed by atoms with Crippen LogP contribution in [0.15, 0.2) is 48.5 Å². The minimum atomic E-state index is -0.703. The minimum Gasteiger partial charge on any atom is -0.491 e. The van der Waals surface area contributed by atoms with Gasteiger partial charge in [-0.25, -0.2) is 0 Å². The molecule has 172 valence electrons. The highest BCUT2D eigenvalue weighted by molar-refractivity contribution is 6.30. The van der Waals surface area contributed by atoms with Gasteiger partial charge in [0.05, 0.1) is 13.0 Å². The summed E-state index contributed by atoms with van der Waals surface area (Å²) in [7, 11) is 0. The molecule has 2 aliphatic heterocycles. The molecule has 2 heterocycles. The first-order chi connectivity index (χ1) is 15.5. The van der Waals surface area contributed by atoms with E-state index in [0.29, 0.717) is 31.2 Å². The van der Waals surface area contributed by atoms with Gasteiger partial charge in [-0.3, -0.25) is 9.69 Å². The molecule has 4 rings (SSSR count). The van der Waals surface area contributed by atoms with Gasteiger partial charge in [-0.05, 0) is 61.2 Å². The van der Waals surface area contributed by atoms with Crippen LogP contribution in [0.25, 0.3) is 0 Å². The summed E-state index contributed by atoms with van der Waals surface area (Å²) in [6.45, 7) is 4.70. The molecular formula is C25H30Cl2N2O3. The summed E-state index contributed by atoms with van der Waals surface area (Å²) >= 11 is 12.2. The quantitative estimate of drug-likeness (QED) is 0.560. The summed E-state index contributed by atoms with van der Waals surface area (Å²) in [6.07, 6.45) is 3.65. The maximum absolute atomic E-state index is 13.2. The number of ether oxygens (including phenoxy) is 2. The van der Waals surface area contributed by atoms with Crippen LogP contribution < -0.4 is 4.74 Å². The van der Waals surface area contributed by atoms with Gasteiger partial charge in [0.1, 0.15) is 18.0 Å². The van der Waals surface area contributed by atoms with Crippen molar-refractivity contribution in [1.82, 2.24) is 9.80 Å². The summed E-state index contributed by atoms with van der Waals surface area (Å²) in [4.78, 5) is 17.5. The van der Waals surface area contributed by atoms with Gasteiger partial charge >= 0.3 is 0 Å². The molecule has 32 heavy (non-hydrogen) atoms. The SMILES string of the molecule is O=C(C[C@]1(COc2ccc(Cl)cc2)CN(Cc2cccc(Cl)c2)CCO1)N1CCCCC1. The Hall–Kier alpha value is -1.79. The maximum atomic E-state index is 13.2. The Morgan fingerprint density at radius 2 is 1.78 bits per heavy atom. The van der Waals surface area contributed by atoms with Crippen molar-refractivity contribution >= 4 is 29.1 Å². The molecule has 0 spiro atoms. The zero-order chi connectivity index (χ0) is 22.4. The molecule has 2 aliphatic rings. The van der Waals surface area contributed by atoms with Crippen LogP contribution in [0.4, 0.5) is 0 Å². The highest BCUT2D eigenvalue weighted by Crippen LogP contribution is 2.28. The molecule has 2 saturated heterocycles. The van der Waals surface area contributed by atoms with Gasteiger partial charge in [0.25, 0.3) is 0 Å². The zero-order valence-electron chi connectivity index (χ0n) is 18.3. The first kappa shape index (κ1) is 23.4. The van der Waals surface area contributed by atoms with Gasteiger partial charge in [-0.2, -0.15) is 0 Å². The monoisotopic (exact) mass is 476 g/mol. The van der Waals surface area contributed by atoms with E-state index in [2.05, 4.69) is 11.0 Å². The number of nitrogens with zero attached hydrogens (tertiary/aromatic N) is 2. The number of halogens is 2. The Labute approximate surface area is 200 Å². The molecular weight excluding hydrogens is 447 g/mol. The zero-order valence-corrected chi connectivity index (χ0v) is 19.8. The van der Waals surface area contributed by atoms with E-state index >= 15 is 0 Å². The average Bonchev–Trinajstić information content (AvgIpc) is 2.80. The highest BCUT2D eigenvalue weighted by Gasteiger charge is 2.41. The Morgan fingerprint density at radius 3 is 2.53 bits per heavy atom. The van der Waals surface area contributed by atoms with Gasteiger partial charge in [-0.15, -0.1) is 0 Å². The van der Waals surface area contributed by atoms with E-state index in [4.69, 9.17) is 32.7 Å². The predicted molar refractivity (Wildman–Crippen MR) is 127 cm³/mol. The summed E-state index contributed by atoms with van der Waals surface area (Å²) in [5.74, 6) is 0.865. The third-order valence-corrected chi connectivity index (χ3v) is 6.61. The molecule has 0 radical (unpaired) electrons. The Kier molecular flexibility index (Phi) is 7.95. The Morgan fingerprint density at radius 1 is 1.00 bits per heavy atom. The minimum absolute atomic E-state index is 0.147. The highest BCUT2D eigenvalue weighted by atomic mass is 35.5. The van der Waals surface area contributed by atoms with E-state index in [1.54, 1.807) is 12.1 Å². The van der Waals surface area contributed by atoms with E-state index in [-0.39, 0.29) is 5.91 Å². The van der Waals surface area contributed by atoms with E-state index < -0.39 is 5.60 Å². The lowest BCUT2D eigenvalue weighted by atomic mass is 9.95. The third-order valence-electron chi connectivity index (χ3n) is 6.12. The van der Waals surface area contributed by atoms with Crippen LogP contribution in [0.1, 0.15) is 31.2 Å². The van der Waals surface area contributed by atoms with E-state index in [9.17, 15) is 4.79 Å². The number of morpholine rings is 1. The molecule has 0 aromatic heterocycles. The standard InChI is InChI=1S/C25H30Cl2N2O3/c26-21-7-9-23(10-8-21)31-19-25(16-24(30)29-11-2-1-3-12-29)18-28(13-14-32-25)17-20-5-4-6-22(27)15-20/h4-10,15H,1-3,11-14,16-19H2/t25-/m1/s1. The number of carbonyl (C=O) groups excluding carboxylic acids is 1. The number of benzene rings is 2. The smallest absolute Gasteiger partial charge is 0.225 e. The summed E-state index contributed by atoms with van der Waals surface area (Å²) in [5.41, 5.74) is 0.444. The number of hydrogen-bond acceptors (Lipinski definition) is 4. The second kappa shape index (κ2) is 10.9. The molecule has 1 atom stereocenters.